The molecule has 0 spiro atoms. The zero-order valence-electron chi connectivity index (χ0n) is 11.1. The highest BCUT2D eigenvalue weighted by Gasteiger charge is 1.97. The van der Waals surface area contributed by atoms with Gasteiger partial charge in [-0.2, -0.15) is 5.48 Å². The average molecular weight is 278 g/mol. The Labute approximate surface area is 121 Å². The molecule has 102 valence electrons. The molecule has 0 heterocycles. The summed E-state index contributed by atoms with van der Waals surface area (Å²) in [4.78, 5) is 5.52. The van der Waals surface area contributed by atoms with E-state index in [2.05, 4.69) is 29.7 Å². The molecule has 0 aliphatic rings. The highest BCUT2D eigenvalue weighted by Crippen LogP contribution is 2.14. The van der Waals surface area contributed by atoms with E-state index < -0.39 is 0 Å². The van der Waals surface area contributed by atoms with Crippen LogP contribution in [-0.4, -0.2) is 6.54 Å². The van der Waals surface area contributed by atoms with Crippen molar-refractivity contribution in [1.82, 2.24) is 5.48 Å². The van der Waals surface area contributed by atoms with Gasteiger partial charge < -0.3 is 4.84 Å². The average Bonchev–Trinajstić information content (AvgIpc) is 2.42. The van der Waals surface area contributed by atoms with Gasteiger partial charge in [-0.15, -0.1) is 12.4 Å². The van der Waals surface area contributed by atoms with Gasteiger partial charge in [0.05, 0.1) is 0 Å². The molecule has 2 aromatic carbocycles. The summed E-state index contributed by atoms with van der Waals surface area (Å²) in [5, 5.41) is 0. The highest BCUT2D eigenvalue weighted by molar-refractivity contribution is 5.85. The Morgan fingerprint density at radius 2 is 1.63 bits per heavy atom. The highest BCUT2D eigenvalue weighted by atomic mass is 35.5. The third-order valence-corrected chi connectivity index (χ3v) is 2.86. The molecule has 2 nitrogen and oxygen atoms in total. The molecule has 0 fully saturated rings. The van der Waals surface area contributed by atoms with Crippen LogP contribution in [0, 0.1) is 6.92 Å². The summed E-state index contributed by atoms with van der Waals surface area (Å²) < 4.78 is 0. The molecule has 1 N–H and O–H groups in total. The van der Waals surface area contributed by atoms with E-state index >= 15 is 0 Å². The van der Waals surface area contributed by atoms with Crippen LogP contribution >= 0.6 is 12.4 Å². The first-order valence-corrected chi connectivity index (χ1v) is 6.35. The summed E-state index contributed by atoms with van der Waals surface area (Å²) in [6, 6.07) is 18.5. The Hall–Kier alpha value is -1.51. The second-order valence-corrected chi connectivity index (χ2v) is 4.35. The van der Waals surface area contributed by atoms with Crippen LogP contribution in [-0.2, 0) is 6.42 Å². The second-order valence-electron chi connectivity index (χ2n) is 4.35. The lowest BCUT2D eigenvalue weighted by atomic mass is 10.1. The molecule has 0 amide bonds. The Kier molecular flexibility index (Phi) is 7.01. The van der Waals surface area contributed by atoms with E-state index in [0.29, 0.717) is 0 Å². The number of aryl methyl sites for hydroxylation is 2. The van der Waals surface area contributed by atoms with E-state index in [0.717, 1.165) is 30.7 Å². The van der Waals surface area contributed by atoms with Gasteiger partial charge in [0, 0.05) is 6.54 Å². The normalized spacial score (nSPS) is 9.74. The Morgan fingerprint density at radius 3 is 2.37 bits per heavy atom. The second kappa shape index (κ2) is 8.57. The van der Waals surface area contributed by atoms with Gasteiger partial charge >= 0.3 is 0 Å². The number of nitrogens with one attached hydrogen (secondary N) is 1. The van der Waals surface area contributed by atoms with Gasteiger partial charge in [-0.05, 0) is 37.0 Å². The third-order valence-electron chi connectivity index (χ3n) is 2.86. The quantitative estimate of drug-likeness (QED) is 0.638. The number of rotatable bonds is 6. The molecule has 3 heteroatoms. The Morgan fingerprint density at radius 1 is 0.947 bits per heavy atom. The van der Waals surface area contributed by atoms with E-state index in [1.165, 1.54) is 5.56 Å². The fourth-order valence-corrected chi connectivity index (χ4v) is 1.81. The van der Waals surface area contributed by atoms with Crippen LogP contribution < -0.4 is 10.3 Å². The summed E-state index contributed by atoms with van der Waals surface area (Å²) in [6.45, 7) is 2.89. The maximum atomic E-state index is 5.52. The fourth-order valence-electron chi connectivity index (χ4n) is 1.81. The van der Waals surface area contributed by atoms with E-state index in [9.17, 15) is 0 Å². The van der Waals surface area contributed by atoms with Gasteiger partial charge in [-0.1, -0.05) is 48.5 Å². The Bertz CT molecular complexity index is 473. The van der Waals surface area contributed by atoms with Gasteiger partial charge in [-0.25, -0.2) is 0 Å². The summed E-state index contributed by atoms with van der Waals surface area (Å²) in [7, 11) is 0. The molecular formula is C16H20ClNO. The van der Waals surface area contributed by atoms with Crippen molar-refractivity contribution in [3.05, 3.63) is 65.7 Å². The topological polar surface area (TPSA) is 21.3 Å². The van der Waals surface area contributed by atoms with Gasteiger partial charge in [0.2, 0.25) is 0 Å². The van der Waals surface area contributed by atoms with Crippen molar-refractivity contribution in [2.45, 2.75) is 19.8 Å². The molecule has 0 radical (unpaired) electrons. The zero-order valence-corrected chi connectivity index (χ0v) is 12.0. The van der Waals surface area contributed by atoms with Crippen molar-refractivity contribution in [1.29, 1.82) is 0 Å². The molecule has 0 aliphatic carbocycles. The molecule has 0 atom stereocenters. The lowest BCUT2D eigenvalue weighted by molar-refractivity contribution is 0.193. The van der Waals surface area contributed by atoms with Gasteiger partial charge in [0.15, 0.2) is 0 Å². The molecule has 2 rings (SSSR count). The number of hydrogen-bond donors (Lipinski definition) is 1. The molecular weight excluding hydrogens is 258 g/mol. The van der Waals surface area contributed by atoms with E-state index in [-0.39, 0.29) is 12.4 Å². The predicted molar refractivity (Wildman–Crippen MR) is 81.8 cm³/mol. The van der Waals surface area contributed by atoms with Crippen molar-refractivity contribution >= 4 is 12.4 Å². The van der Waals surface area contributed by atoms with Crippen molar-refractivity contribution in [2.75, 3.05) is 6.54 Å². The summed E-state index contributed by atoms with van der Waals surface area (Å²) >= 11 is 0. The van der Waals surface area contributed by atoms with E-state index in [1.807, 2.05) is 37.3 Å². The number of para-hydroxylation sites is 1. The number of hydrogen-bond acceptors (Lipinski definition) is 2. The van der Waals surface area contributed by atoms with E-state index in [1.54, 1.807) is 0 Å². The minimum absolute atomic E-state index is 0. The number of benzene rings is 2. The van der Waals surface area contributed by atoms with Crippen LogP contribution in [0.1, 0.15) is 17.5 Å². The summed E-state index contributed by atoms with van der Waals surface area (Å²) in [6.07, 6.45) is 2.14. The lowest BCUT2D eigenvalue weighted by Crippen LogP contribution is -2.20. The van der Waals surface area contributed by atoms with Crippen LogP contribution in [0.3, 0.4) is 0 Å². The van der Waals surface area contributed by atoms with Crippen LogP contribution in [0.5, 0.6) is 5.75 Å². The number of halogens is 1. The molecule has 19 heavy (non-hydrogen) atoms. The number of hydroxylamine groups is 1. The van der Waals surface area contributed by atoms with E-state index in [4.69, 9.17) is 4.84 Å². The van der Waals surface area contributed by atoms with Crippen molar-refractivity contribution in [3.63, 3.8) is 0 Å². The van der Waals surface area contributed by atoms with Crippen LogP contribution in [0.15, 0.2) is 54.6 Å². The predicted octanol–water partition coefficient (Wildman–Crippen LogP) is 3.93. The van der Waals surface area contributed by atoms with Crippen molar-refractivity contribution in [3.8, 4) is 5.75 Å². The molecule has 0 saturated heterocycles. The molecule has 0 saturated carbocycles. The summed E-state index contributed by atoms with van der Waals surface area (Å²) in [5.41, 5.74) is 5.53. The fraction of sp³-hybridized carbons (Fsp3) is 0.250. The maximum absolute atomic E-state index is 5.52. The van der Waals surface area contributed by atoms with Crippen LogP contribution in [0.2, 0.25) is 0 Å². The Balaban J connectivity index is 0.00000180. The van der Waals surface area contributed by atoms with Crippen molar-refractivity contribution < 1.29 is 4.84 Å². The molecule has 0 bridgehead atoms. The zero-order chi connectivity index (χ0) is 12.6. The van der Waals surface area contributed by atoms with Crippen LogP contribution in [0.4, 0.5) is 0 Å². The van der Waals surface area contributed by atoms with Gasteiger partial charge in [0.25, 0.3) is 0 Å². The SMILES string of the molecule is Cc1ccccc1ONCCCc1ccccc1.Cl. The van der Waals surface area contributed by atoms with Crippen molar-refractivity contribution in [2.24, 2.45) is 0 Å². The minimum atomic E-state index is 0. The first-order valence-electron chi connectivity index (χ1n) is 6.35. The van der Waals surface area contributed by atoms with Gasteiger partial charge in [0.1, 0.15) is 5.75 Å². The third kappa shape index (κ3) is 5.33. The lowest BCUT2D eigenvalue weighted by Gasteiger charge is -2.09. The summed E-state index contributed by atoms with van der Waals surface area (Å²) in [5.74, 6) is 0.900. The first-order chi connectivity index (χ1) is 8.86. The molecule has 2 aromatic rings. The monoisotopic (exact) mass is 277 g/mol. The smallest absolute Gasteiger partial charge is 0.150 e. The standard InChI is InChI=1S/C16H19NO.ClH/c1-14-8-5-6-12-16(14)18-17-13-7-11-15-9-3-2-4-10-15;/h2-6,8-10,12,17H,7,11,13H2,1H3;1H. The molecule has 0 unspecified atom stereocenters. The van der Waals surface area contributed by atoms with Crippen LogP contribution in [0.25, 0.3) is 0 Å². The molecule has 0 aromatic heterocycles. The van der Waals surface area contributed by atoms with Gasteiger partial charge in [-0.3, -0.25) is 0 Å². The largest absolute Gasteiger partial charge is 0.408 e. The maximum Gasteiger partial charge on any atom is 0.150 e. The minimum Gasteiger partial charge on any atom is -0.408 e. The molecule has 0 aliphatic heterocycles. The first kappa shape index (κ1) is 15.5.